The van der Waals surface area contributed by atoms with Crippen LogP contribution in [0.25, 0.3) is 33.4 Å². The number of benzene rings is 4. The highest BCUT2D eigenvalue weighted by molar-refractivity contribution is 14.1. The van der Waals surface area contributed by atoms with Gasteiger partial charge in [0.1, 0.15) is 0 Å². The zero-order chi connectivity index (χ0) is 22.3. The van der Waals surface area contributed by atoms with E-state index in [9.17, 15) is 11.5 Å². The Morgan fingerprint density at radius 1 is 0.548 bits per heavy atom. The van der Waals surface area contributed by atoms with Crippen LogP contribution in [0.3, 0.4) is 0 Å². The van der Waals surface area contributed by atoms with Crippen LogP contribution < -0.4 is 10.3 Å². The molecule has 158 valence electrons. The Labute approximate surface area is 192 Å². The summed E-state index contributed by atoms with van der Waals surface area (Å²) in [5.41, 5.74) is 6.77. The van der Waals surface area contributed by atoms with E-state index in [2.05, 4.69) is 70.9 Å². The molecule has 0 aliphatic rings. The number of rotatable bonds is 4. The molecular formula is C24H21IN2O3S. The Kier molecular flexibility index (Phi) is 7.80. The van der Waals surface area contributed by atoms with Crippen molar-refractivity contribution in [3.8, 4) is 33.4 Å². The molecule has 0 amide bonds. The second-order valence-electron chi connectivity index (χ2n) is 6.64. The largest absolute Gasteiger partial charge is 0.271 e. The first-order chi connectivity index (χ1) is 14.9. The average molecular weight is 544 g/mol. The molecule has 5 nitrogen and oxygen atoms in total. The molecule has 4 N–H and O–H groups in total. The lowest BCUT2D eigenvalue weighted by Gasteiger charge is -2.15. The van der Waals surface area contributed by atoms with Crippen molar-refractivity contribution in [1.82, 2.24) is 0 Å². The molecule has 0 saturated heterocycles. The highest BCUT2D eigenvalue weighted by Gasteiger charge is 2.14. The monoisotopic (exact) mass is 544 g/mol. The molecule has 4 aromatic carbocycles. The smallest absolute Gasteiger partial charge is 0.265 e. The van der Waals surface area contributed by atoms with Gasteiger partial charge in [0.15, 0.2) is 21.2 Å². The summed E-state index contributed by atoms with van der Waals surface area (Å²) in [6.45, 7) is 0. The summed E-state index contributed by atoms with van der Waals surface area (Å²) >= 11 is -1.28. The van der Waals surface area contributed by atoms with Crippen molar-refractivity contribution in [2.24, 2.45) is 10.3 Å². The predicted octanol–water partition coefficient (Wildman–Crippen LogP) is 5.32. The van der Waals surface area contributed by atoms with E-state index < -0.39 is 31.4 Å². The van der Waals surface area contributed by atoms with Crippen molar-refractivity contribution in [2.75, 3.05) is 0 Å². The molecule has 0 fully saturated rings. The zero-order valence-corrected chi connectivity index (χ0v) is 19.5. The van der Waals surface area contributed by atoms with Crippen molar-refractivity contribution in [2.45, 2.75) is 0 Å². The number of halogens is 1. The molecule has 0 unspecified atom stereocenters. The highest BCUT2D eigenvalue weighted by Crippen LogP contribution is 2.39. The third kappa shape index (κ3) is 6.63. The van der Waals surface area contributed by atoms with Crippen LogP contribution in [-0.2, 0) is 13.3 Å². The summed E-state index contributed by atoms with van der Waals surface area (Å²) in [6, 6.07) is 35.2. The molecule has 4 aromatic rings. The van der Waals surface area contributed by atoms with Gasteiger partial charge in [-0.25, -0.2) is 10.3 Å². The molecule has 4 rings (SSSR count). The van der Waals surface area contributed by atoms with E-state index in [0.29, 0.717) is 0 Å². The Morgan fingerprint density at radius 2 is 0.871 bits per heavy atom. The molecule has 0 heterocycles. The highest BCUT2D eigenvalue weighted by atomic mass is 127. The van der Waals surface area contributed by atoms with Gasteiger partial charge in [-0.3, -0.25) is 3.07 Å². The molecule has 0 spiro atoms. The van der Waals surface area contributed by atoms with Gasteiger partial charge in [-0.2, -0.15) is 8.42 Å². The van der Waals surface area contributed by atoms with E-state index in [4.69, 9.17) is 0 Å². The van der Waals surface area contributed by atoms with E-state index >= 15 is 0 Å². The lowest BCUT2D eigenvalue weighted by Crippen LogP contribution is -2.21. The second kappa shape index (κ2) is 10.5. The van der Waals surface area contributed by atoms with E-state index in [1.165, 1.54) is 5.56 Å². The van der Waals surface area contributed by atoms with Crippen LogP contribution in [0.5, 0.6) is 0 Å². The van der Waals surface area contributed by atoms with Crippen LogP contribution >= 0.6 is 21.2 Å². The summed E-state index contributed by atoms with van der Waals surface area (Å²) in [7, 11) is -3.67. The Morgan fingerprint density at radius 3 is 1.23 bits per heavy atom. The fourth-order valence-electron chi connectivity index (χ4n) is 3.19. The van der Waals surface area contributed by atoms with Crippen molar-refractivity contribution in [3.63, 3.8) is 0 Å². The number of nitrogens with two attached hydrogens (primary N) is 2. The lowest BCUT2D eigenvalue weighted by molar-refractivity contribution is 0.599. The summed E-state index contributed by atoms with van der Waals surface area (Å²) in [4.78, 5) is 0. The molecule has 0 atom stereocenters. The van der Waals surface area contributed by atoms with Crippen LogP contribution in [-0.4, -0.2) is 8.42 Å². The first kappa shape index (κ1) is 23.0. The molecule has 0 saturated carbocycles. The van der Waals surface area contributed by atoms with E-state index in [0.717, 1.165) is 31.4 Å². The van der Waals surface area contributed by atoms with Gasteiger partial charge in [0, 0.05) is 0 Å². The topological polar surface area (TPSA) is 103 Å². The minimum atomic E-state index is -3.67. The maximum Gasteiger partial charge on any atom is 0.271 e. The van der Waals surface area contributed by atoms with E-state index in [1.807, 2.05) is 42.5 Å². The predicted molar refractivity (Wildman–Crippen MR) is 133 cm³/mol. The van der Waals surface area contributed by atoms with Gasteiger partial charge in [-0.15, -0.1) is 0 Å². The Hall–Kier alpha value is -2.72. The van der Waals surface area contributed by atoms with Crippen LogP contribution in [0.2, 0.25) is 0 Å². The van der Waals surface area contributed by atoms with Crippen molar-refractivity contribution in [1.29, 1.82) is 0 Å². The average Bonchev–Trinajstić information content (AvgIpc) is 2.79. The van der Waals surface area contributed by atoms with E-state index in [-0.39, 0.29) is 0 Å². The summed E-state index contributed by atoms with van der Waals surface area (Å²) in [6.07, 6.45) is 0. The van der Waals surface area contributed by atoms with Crippen molar-refractivity contribution < 1.29 is 11.5 Å². The first-order valence-corrected chi connectivity index (χ1v) is 12.9. The maximum absolute atomic E-state index is 12.1. The summed E-state index contributed by atoms with van der Waals surface area (Å²) < 4.78 is 31.4. The lowest BCUT2D eigenvalue weighted by atomic mass is 9.91. The number of hydrogen-bond acceptors (Lipinski definition) is 3. The molecule has 0 radical (unpaired) electrons. The van der Waals surface area contributed by atoms with Gasteiger partial charge in [-0.1, -0.05) is 91.0 Å². The minimum Gasteiger partial charge on any atom is -0.265 e. The fraction of sp³-hybridized carbons (Fsp3) is 0. The second-order valence-corrected chi connectivity index (χ2v) is 9.42. The van der Waals surface area contributed by atoms with Gasteiger partial charge < -0.3 is 0 Å². The first-order valence-electron chi connectivity index (χ1n) is 9.28. The summed E-state index contributed by atoms with van der Waals surface area (Å²) in [5.74, 6) is 0. The van der Waals surface area contributed by atoms with Crippen molar-refractivity contribution in [3.05, 3.63) is 107 Å². The van der Waals surface area contributed by atoms with Gasteiger partial charge in [0.2, 0.25) is 0 Å². The molecule has 0 aromatic heterocycles. The third-order valence-corrected chi connectivity index (χ3v) is 5.81. The molecule has 0 aliphatic carbocycles. The normalized spacial score (nSPS) is 10.8. The standard InChI is InChI=1S/C24H17IO.H4N2O2S/c26-25-24-17-22(19-12-6-2-7-13-19)21(18-10-4-1-5-11-18)16-23(24)20-14-8-3-9-15-20;1-5(2,3)4/h1-17H;(H4,1,2,3,4). The van der Waals surface area contributed by atoms with Crippen LogP contribution in [0.4, 0.5) is 0 Å². The van der Waals surface area contributed by atoms with Crippen LogP contribution in [0.15, 0.2) is 103 Å². The SMILES string of the molecule is NS(N)(=O)=O.O=Ic1cc(-c2ccccc2)c(-c2ccccc2)cc1-c1ccccc1. The van der Waals surface area contributed by atoms with Crippen molar-refractivity contribution >= 4 is 31.4 Å². The molecule has 0 aliphatic heterocycles. The molecular weight excluding hydrogens is 523 g/mol. The Bertz CT molecular complexity index is 1260. The van der Waals surface area contributed by atoms with Gasteiger partial charge in [-0.05, 0) is 45.5 Å². The third-order valence-electron chi connectivity index (χ3n) is 4.44. The minimum absolute atomic E-state index is 0.938. The quantitative estimate of drug-likeness (QED) is 0.340. The molecule has 7 heteroatoms. The summed E-state index contributed by atoms with van der Waals surface area (Å²) in [5, 5.41) is 8.21. The van der Waals surface area contributed by atoms with Gasteiger partial charge in [0.25, 0.3) is 10.2 Å². The molecule has 31 heavy (non-hydrogen) atoms. The van der Waals surface area contributed by atoms with E-state index in [1.54, 1.807) is 0 Å². The Balaban J connectivity index is 0.000000491. The van der Waals surface area contributed by atoms with Gasteiger partial charge >= 0.3 is 0 Å². The molecule has 0 bridgehead atoms. The fourth-order valence-corrected chi connectivity index (χ4v) is 4.33. The van der Waals surface area contributed by atoms with Crippen LogP contribution in [0, 0.1) is 3.57 Å². The maximum atomic E-state index is 12.1. The number of hydrogen-bond donors (Lipinski definition) is 2. The van der Waals surface area contributed by atoms with Crippen LogP contribution in [0.1, 0.15) is 0 Å². The zero-order valence-electron chi connectivity index (χ0n) is 16.5. The van der Waals surface area contributed by atoms with Gasteiger partial charge in [0.05, 0.1) is 3.57 Å².